The van der Waals surface area contributed by atoms with E-state index >= 15 is 0 Å². The molecule has 2 aromatic heterocycles. The smallest absolute Gasteiger partial charge is 0.206 e. The van der Waals surface area contributed by atoms with Crippen molar-refractivity contribution >= 4 is 9.84 Å². The van der Waals surface area contributed by atoms with E-state index < -0.39 is 9.84 Å². The summed E-state index contributed by atoms with van der Waals surface area (Å²) in [6.07, 6.45) is 0. The highest BCUT2D eigenvalue weighted by Crippen LogP contribution is 2.26. The van der Waals surface area contributed by atoms with Crippen molar-refractivity contribution in [3.8, 4) is 11.5 Å². The molecule has 0 atom stereocenters. The Labute approximate surface area is 192 Å². The summed E-state index contributed by atoms with van der Waals surface area (Å²) in [7, 11) is -3.68. The molecule has 0 amide bonds. The molecule has 0 saturated carbocycles. The summed E-state index contributed by atoms with van der Waals surface area (Å²) in [5, 5.41) is 7.79. The summed E-state index contributed by atoms with van der Waals surface area (Å²) in [4.78, 5) is 0.355. The highest BCUT2D eigenvalue weighted by Gasteiger charge is 2.18. The second-order valence-electron chi connectivity index (χ2n) is 7.63. The maximum absolute atomic E-state index is 13.0. The van der Waals surface area contributed by atoms with E-state index in [9.17, 15) is 8.42 Å². The molecule has 2 aromatic carbocycles. The van der Waals surface area contributed by atoms with Crippen LogP contribution in [0.2, 0.25) is 0 Å². The van der Waals surface area contributed by atoms with E-state index in [0.29, 0.717) is 36.2 Å². The minimum Gasteiger partial charge on any atom is -0.489 e. The first-order valence-corrected chi connectivity index (χ1v) is 11.8. The first kappa shape index (κ1) is 22.6. The molecule has 4 rings (SSSR count). The second-order valence-corrected chi connectivity index (χ2v) is 9.58. The second kappa shape index (κ2) is 9.11. The molecule has 0 bridgehead atoms. The standard InChI is InChI=1S/C24H24N2O6S/c1-15-23(17(3)31-25-15)13-29-19-5-9-21(10-6-19)33(27,28)22-11-7-20(8-12-22)30-14-24-16(2)26-32-18(24)4/h5-12H,13-14H2,1-4H3. The van der Waals surface area contributed by atoms with Crippen LogP contribution in [-0.4, -0.2) is 18.7 Å². The van der Waals surface area contributed by atoms with Crippen molar-refractivity contribution in [1.82, 2.24) is 10.3 Å². The van der Waals surface area contributed by atoms with Gasteiger partial charge in [0, 0.05) is 0 Å². The lowest BCUT2D eigenvalue weighted by molar-refractivity contribution is 0.301. The number of rotatable bonds is 8. The molecule has 0 spiro atoms. The summed E-state index contributed by atoms with van der Waals surface area (Å²) < 4.78 is 47.8. The van der Waals surface area contributed by atoms with Crippen LogP contribution in [-0.2, 0) is 23.1 Å². The molecule has 9 heteroatoms. The molecule has 0 aliphatic carbocycles. The SMILES string of the molecule is Cc1noc(C)c1COc1ccc(S(=O)(=O)c2ccc(OCc3c(C)noc3C)cc2)cc1. The van der Waals surface area contributed by atoms with Crippen molar-refractivity contribution in [3.05, 3.63) is 82.6 Å². The van der Waals surface area contributed by atoms with Gasteiger partial charge in [-0.2, -0.15) is 0 Å². The van der Waals surface area contributed by atoms with E-state index in [-0.39, 0.29) is 9.79 Å². The van der Waals surface area contributed by atoms with Gasteiger partial charge >= 0.3 is 0 Å². The lowest BCUT2D eigenvalue weighted by Gasteiger charge is -2.09. The Balaban J connectivity index is 1.42. The minimum atomic E-state index is -3.68. The van der Waals surface area contributed by atoms with Gasteiger partial charge in [-0.05, 0) is 76.2 Å². The van der Waals surface area contributed by atoms with Gasteiger partial charge in [0.25, 0.3) is 0 Å². The Hall–Kier alpha value is -3.59. The molecule has 8 nitrogen and oxygen atoms in total. The average Bonchev–Trinajstić information content (AvgIpc) is 3.31. The van der Waals surface area contributed by atoms with Crippen LogP contribution < -0.4 is 9.47 Å². The van der Waals surface area contributed by atoms with Crippen molar-refractivity contribution in [1.29, 1.82) is 0 Å². The van der Waals surface area contributed by atoms with Gasteiger partial charge in [0.2, 0.25) is 9.84 Å². The first-order valence-electron chi connectivity index (χ1n) is 10.3. The molecular formula is C24H24N2O6S. The average molecular weight is 469 g/mol. The van der Waals surface area contributed by atoms with Gasteiger partial charge in [0.15, 0.2) is 0 Å². The fourth-order valence-electron chi connectivity index (χ4n) is 3.29. The van der Waals surface area contributed by atoms with Crippen molar-refractivity contribution in [2.75, 3.05) is 0 Å². The number of nitrogens with zero attached hydrogens (tertiary/aromatic N) is 2. The first-order chi connectivity index (χ1) is 15.8. The van der Waals surface area contributed by atoms with E-state index in [4.69, 9.17) is 18.5 Å². The van der Waals surface area contributed by atoms with Crippen LogP contribution in [0, 0.1) is 27.7 Å². The zero-order chi connectivity index (χ0) is 23.6. The topological polar surface area (TPSA) is 105 Å². The molecule has 33 heavy (non-hydrogen) atoms. The van der Waals surface area contributed by atoms with Crippen LogP contribution in [0.4, 0.5) is 0 Å². The van der Waals surface area contributed by atoms with Crippen LogP contribution in [0.3, 0.4) is 0 Å². The summed E-state index contributed by atoms with van der Waals surface area (Å²) in [5.41, 5.74) is 3.29. The molecule has 2 heterocycles. The Morgan fingerprint density at radius 1 is 0.667 bits per heavy atom. The fourth-order valence-corrected chi connectivity index (χ4v) is 4.55. The molecule has 172 valence electrons. The number of aromatic nitrogens is 2. The number of hydrogen-bond acceptors (Lipinski definition) is 8. The van der Waals surface area contributed by atoms with E-state index in [2.05, 4.69) is 10.3 Å². The zero-order valence-electron chi connectivity index (χ0n) is 18.8. The Kier molecular flexibility index (Phi) is 6.24. The third-order valence-electron chi connectivity index (χ3n) is 5.40. The van der Waals surface area contributed by atoms with Gasteiger partial charge in [-0.1, -0.05) is 10.3 Å². The van der Waals surface area contributed by atoms with E-state index in [1.165, 1.54) is 24.3 Å². The summed E-state index contributed by atoms with van der Waals surface area (Å²) >= 11 is 0. The van der Waals surface area contributed by atoms with Crippen LogP contribution in [0.1, 0.15) is 34.0 Å². The molecule has 0 saturated heterocycles. The monoisotopic (exact) mass is 468 g/mol. The molecule has 0 radical (unpaired) electrons. The summed E-state index contributed by atoms with van der Waals surface area (Å²) in [6, 6.07) is 12.6. The van der Waals surface area contributed by atoms with Crippen molar-refractivity contribution in [2.24, 2.45) is 0 Å². The maximum Gasteiger partial charge on any atom is 0.206 e. The van der Waals surface area contributed by atoms with E-state index in [1.807, 2.05) is 27.7 Å². The number of aryl methyl sites for hydroxylation is 4. The van der Waals surface area contributed by atoms with Gasteiger partial charge in [0.1, 0.15) is 36.2 Å². The predicted molar refractivity (Wildman–Crippen MR) is 119 cm³/mol. The highest BCUT2D eigenvalue weighted by molar-refractivity contribution is 7.91. The molecule has 0 N–H and O–H groups in total. The molecule has 4 aromatic rings. The van der Waals surface area contributed by atoms with Crippen LogP contribution >= 0.6 is 0 Å². The minimum absolute atomic E-state index is 0.177. The molecule has 0 fully saturated rings. The molecule has 0 aliphatic heterocycles. The van der Waals surface area contributed by atoms with Gasteiger partial charge < -0.3 is 18.5 Å². The van der Waals surface area contributed by atoms with Crippen molar-refractivity contribution in [2.45, 2.75) is 50.7 Å². The third kappa shape index (κ3) is 4.78. The van der Waals surface area contributed by atoms with Gasteiger partial charge in [-0.3, -0.25) is 0 Å². The Morgan fingerprint density at radius 3 is 1.33 bits per heavy atom. The van der Waals surface area contributed by atoms with Gasteiger partial charge in [-0.25, -0.2) is 8.42 Å². The summed E-state index contributed by atoms with van der Waals surface area (Å²) in [6.45, 7) is 7.92. The molecule has 0 aliphatic rings. The fraction of sp³-hybridized carbons (Fsp3) is 0.250. The zero-order valence-corrected chi connectivity index (χ0v) is 19.6. The predicted octanol–water partition coefficient (Wildman–Crippen LogP) is 4.89. The number of sulfone groups is 1. The van der Waals surface area contributed by atoms with Crippen molar-refractivity contribution < 1.29 is 26.9 Å². The largest absolute Gasteiger partial charge is 0.489 e. The van der Waals surface area contributed by atoms with E-state index in [1.54, 1.807) is 24.3 Å². The third-order valence-corrected chi connectivity index (χ3v) is 7.18. The van der Waals surface area contributed by atoms with Gasteiger partial charge in [-0.15, -0.1) is 0 Å². The highest BCUT2D eigenvalue weighted by atomic mass is 32.2. The number of benzene rings is 2. The van der Waals surface area contributed by atoms with Gasteiger partial charge in [0.05, 0.1) is 32.3 Å². The lowest BCUT2D eigenvalue weighted by Crippen LogP contribution is -2.03. The molecule has 0 unspecified atom stereocenters. The molecular weight excluding hydrogens is 444 g/mol. The quantitative estimate of drug-likeness (QED) is 0.360. The van der Waals surface area contributed by atoms with Crippen molar-refractivity contribution in [3.63, 3.8) is 0 Å². The number of ether oxygens (including phenoxy) is 2. The maximum atomic E-state index is 13.0. The van der Waals surface area contributed by atoms with Crippen LogP contribution in [0.15, 0.2) is 67.4 Å². The Bertz CT molecular complexity index is 1210. The van der Waals surface area contributed by atoms with E-state index in [0.717, 1.165) is 22.5 Å². The normalized spacial score (nSPS) is 11.5. The lowest BCUT2D eigenvalue weighted by atomic mass is 10.2. The summed E-state index contributed by atoms with van der Waals surface area (Å²) in [5.74, 6) is 2.51. The van der Waals surface area contributed by atoms with Crippen LogP contribution in [0.25, 0.3) is 0 Å². The number of hydrogen-bond donors (Lipinski definition) is 0. The Morgan fingerprint density at radius 2 is 1.03 bits per heavy atom. The van der Waals surface area contributed by atoms with Crippen LogP contribution in [0.5, 0.6) is 11.5 Å².